The Morgan fingerprint density at radius 1 is 1.24 bits per heavy atom. The van der Waals surface area contributed by atoms with Crippen molar-refractivity contribution < 1.29 is 14.3 Å². The third-order valence-electron chi connectivity index (χ3n) is 5.59. The summed E-state index contributed by atoms with van der Waals surface area (Å²) < 4.78 is 6.41. The number of piperazine rings is 1. The molecule has 2 heterocycles. The summed E-state index contributed by atoms with van der Waals surface area (Å²) in [6.07, 6.45) is 6.49. The summed E-state index contributed by atoms with van der Waals surface area (Å²) in [5, 5.41) is 5.92. The van der Waals surface area contributed by atoms with Crippen molar-refractivity contribution >= 4 is 11.9 Å². The van der Waals surface area contributed by atoms with Gasteiger partial charge >= 0.3 is 6.03 Å². The highest BCUT2D eigenvalue weighted by molar-refractivity contribution is 5.85. The topological polar surface area (TPSA) is 70.7 Å². The monoisotopic (exact) mass is 343 g/mol. The minimum Gasteiger partial charge on any atom is -0.487 e. The van der Waals surface area contributed by atoms with E-state index in [1.165, 1.54) is 19.3 Å². The van der Waals surface area contributed by atoms with Crippen LogP contribution >= 0.6 is 0 Å². The zero-order valence-electron chi connectivity index (χ0n) is 14.4. The van der Waals surface area contributed by atoms with Crippen LogP contribution in [0.25, 0.3) is 0 Å². The van der Waals surface area contributed by atoms with E-state index in [1.807, 2.05) is 24.3 Å². The SMILES string of the molecule is O=C1CN(C(=O)N[C@H]2CC3(CCCCC3)Oc3ccccc32)CCN1. The molecular formula is C19H25N3O3. The molecule has 1 aromatic rings. The Bertz CT molecular complexity index is 670. The average Bonchev–Trinajstić information content (AvgIpc) is 2.62. The lowest BCUT2D eigenvalue weighted by Crippen LogP contribution is -2.54. The van der Waals surface area contributed by atoms with E-state index >= 15 is 0 Å². The first kappa shape index (κ1) is 16.2. The molecule has 2 N–H and O–H groups in total. The Balaban J connectivity index is 1.54. The Labute approximate surface area is 147 Å². The number of nitrogens with zero attached hydrogens (tertiary/aromatic N) is 1. The molecule has 1 saturated heterocycles. The highest BCUT2D eigenvalue weighted by Crippen LogP contribution is 2.46. The second-order valence-corrected chi connectivity index (χ2v) is 7.36. The van der Waals surface area contributed by atoms with Gasteiger partial charge in [0, 0.05) is 25.1 Å². The molecule has 2 fully saturated rings. The molecule has 0 radical (unpaired) electrons. The van der Waals surface area contributed by atoms with Crippen LogP contribution in [-0.2, 0) is 4.79 Å². The molecular weight excluding hydrogens is 318 g/mol. The number of para-hydroxylation sites is 1. The Hall–Kier alpha value is -2.24. The average molecular weight is 343 g/mol. The molecule has 3 amide bonds. The van der Waals surface area contributed by atoms with Crippen LogP contribution in [0.2, 0.25) is 0 Å². The maximum atomic E-state index is 12.7. The van der Waals surface area contributed by atoms with Crippen molar-refractivity contribution in [3.8, 4) is 5.75 Å². The van der Waals surface area contributed by atoms with E-state index in [9.17, 15) is 9.59 Å². The molecule has 25 heavy (non-hydrogen) atoms. The van der Waals surface area contributed by atoms with E-state index in [1.54, 1.807) is 4.90 Å². The first-order valence-corrected chi connectivity index (χ1v) is 9.25. The molecule has 2 aliphatic heterocycles. The Kier molecular flexibility index (Phi) is 4.27. The van der Waals surface area contributed by atoms with E-state index in [0.29, 0.717) is 13.1 Å². The molecule has 1 atom stereocenters. The van der Waals surface area contributed by atoms with E-state index < -0.39 is 0 Å². The van der Waals surface area contributed by atoms with Gasteiger partial charge in [-0.1, -0.05) is 24.6 Å². The smallest absolute Gasteiger partial charge is 0.318 e. The van der Waals surface area contributed by atoms with Crippen LogP contribution in [0.1, 0.15) is 50.1 Å². The number of rotatable bonds is 1. The number of urea groups is 1. The van der Waals surface area contributed by atoms with Crippen molar-refractivity contribution in [1.29, 1.82) is 0 Å². The first-order chi connectivity index (χ1) is 12.2. The summed E-state index contributed by atoms with van der Waals surface area (Å²) in [6.45, 7) is 1.19. The molecule has 1 saturated carbocycles. The van der Waals surface area contributed by atoms with Crippen LogP contribution in [0.15, 0.2) is 24.3 Å². The molecule has 1 aliphatic carbocycles. The fourth-order valence-corrected chi connectivity index (χ4v) is 4.30. The van der Waals surface area contributed by atoms with Gasteiger partial charge in [0.1, 0.15) is 17.9 Å². The molecule has 6 nitrogen and oxygen atoms in total. The minimum atomic E-state index is -0.164. The van der Waals surface area contributed by atoms with Crippen LogP contribution < -0.4 is 15.4 Å². The number of hydrogen-bond donors (Lipinski definition) is 2. The second kappa shape index (κ2) is 6.58. The predicted molar refractivity (Wildman–Crippen MR) is 93.4 cm³/mol. The second-order valence-electron chi connectivity index (χ2n) is 7.36. The number of carbonyl (C=O) groups excluding carboxylic acids is 2. The lowest BCUT2D eigenvalue weighted by atomic mass is 9.77. The first-order valence-electron chi connectivity index (χ1n) is 9.25. The van der Waals surface area contributed by atoms with Gasteiger partial charge in [-0.15, -0.1) is 0 Å². The molecule has 0 bridgehead atoms. The van der Waals surface area contributed by atoms with Crippen LogP contribution in [0.4, 0.5) is 4.79 Å². The number of amides is 3. The van der Waals surface area contributed by atoms with Crippen LogP contribution in [-0.4, -0.2) is 42.1 Å². The summed E-state index contributed by atoms with van der Waals surface area (Å²) in [6, 6.07) is 7.75. The van der Waals surface area contributed by atoms with Crippen molar-refractivity contribution in [2.24, 2.45) is 0 Å². The fourth-order valence-electron chi connectivity index (χ4n) is 4.30. The summed E-state index contributed by atoms with van der Waals surface area (Å²) in [4.78, 5) is 25.8. The number of ether oxygens (including phenoxy) is 1. The molecule has 4 rings (SSSR count). The Morgan fingerprint density at radius 3 is 2.84 bits per heavy atom. The van der Waals surface area contributed by atoms with Gasteiger partial charge in [0.2, 0.25) is 5.91 Å². The third kappa shape index (κ3) is 3.30. The van der Waals surface area contributed by atoms with Crippen molar-refractivity contribution in [3.63, 3.8) is 0 Å². The summed E-state index contributed by atoms with van der Waals surface area (Å²) in [7, 11) is 0. The lowest BCUT2D eigenvalue weighted by molar-refractivity contribution is -0.123. The van der Waals surface area contributed by atoms with Gasteiger partial charge in [0.25, 0.3) is 0 Å². The van der Waals surface area contributed by atoms with Crippen LogP contribution in [0.5, 0.6) is 5.75 Å². The molecule has 134 valence electrons. The molecule has 3 aliphatic rings. The zero-order valence-corrected chi connectivity index (χ0v) is 14.4. The van der Waals surface area contributed by atoms with Gasteiger partial charge in [0.15, 0.2) is 0 Å². The highest BCUT2D eigenvalue weighted by Gasteiger charge is 2.42. The predicted octanol–water partition coefficient (Wildman–Crippen LogP) is 2.35. The van der Waals surface area contributed by atoms with Crippen LogP contribution in [0.3, 0.4) is 0 Å². The van der Waals surface area contributed by atoms with E-state index in [-0.39, 0.29) is 30.1 Å². The maximum Gasteiger partial charge on any atom is 0.318 e. The van der Waals surface area contributed by atoms with Gasteiger partial charge in [-0.05, 0) is 31.7 Å². The third-order valence-corrected chi connectivity index (χ3v) is 5.59. The number of benzene rings is 1. The number of fused-ring (bicyclic) bond motifs is 1. The Morgan fingerprint density at radius 2 is 2.04 bits per heavy atom. The summed E-state index contributed by atoms with van der Waals surface area (Å²) >= 11 is 0. The molecule has 6 heteroatoms. The van der Waals surface area contributed by atoms with E-state index in [2.05, 4.69) is 10.6 Å². The largest absolute Gasteiger partial charge is 0.487 e. The molecule has 1 spiro atoms. The zero-order chi connectivity index (χ0) is 17.3. The summed E-state index contributed by atoms with van der Waals surface area (Å²) in [5.41, 5.74) is 0.873. The standard InChI is InChI=1S/C19H25N3O3/c23-17-13-22(11-10-20-17)18(24)21-15-12-19(8-4-1-5-9-19)25-16-7-3-2-6-14(15)16/h2-3,6-7,15H,1,4-5,8-13H2,(H,20,23)(H,21,24)/t15-/m0/s1. The fraction of sp³-hybridized carbons (Fsp3) is 0.579. The number of hydrogen-bond acceptors (Lipinski definition) is 3. The van der Waals surface area contributed by atoms with Crippen LogP contribution in [0, 0.1) is 0 Å². The maximum absolute atomic E-state index is 12.7. The number of nitrogens with one attached hydrogen (secondary N) is 2. The van der Waals surface area contributed by atoms with Gasteiger partial charge in [0.05, 0.1) is 6.04 Å². The lowest BCUT2D eigenvalue weighted by Gasteiger charge is -2.45. The van der Waals surface area contributed by atoms with Crippen molar-refractivity contribution in [1.82, 2.24) is 15.5 Å². The van der Waals surface area contributed by atoms with Gasteiger partial charge in [-0.3, -0.25) is 4.79 Å². The summed E-state index contributed by atoms with van der Waals surface area (Å²) in [5.74, 6) is 0.787. The van der Waals surface area contributed by atoms with E-state index in [0.717, 1.165) is 30.6 Å². The molecule has 0 unspecified atom stereocenters. The van der Waals surface area contributed by atoms with Crippen molar-refractivity contribution in [2.75, 3.05) is 19.6 Å². The normalized spacial score (nSPS) is 24.9. The minimum absolute atomic E-state index is 0.0689. The van der Waals surface area contributed by atoms with Crippen molar-refractivity contribution in [2.45, 2.75) is 50.2 Å². The van der Waals surface area contributed by atoms with Crippen molar-refractivity contribution in [3.05, 3.63) is 29.8 Å². The quantitative estimate of drug-likeness (QED) is 0.822. The van der Waals surface area contributed by atoms with Gasteiger partial charge in [-0.25, -0.2) is 4.79 Å². The van der Waals surface area contributed by atoms with Gasteiger partial charge in [-0.2, -0.15) is 0 Å². The molecule has 1 aromatic carbocycles. The number of carbonyl (C=O) groups is 2. The van der Waals surface area contributed by atoms with E-state index in [4.69, 9.17) is 4.74 Å². The molecule has 0 aromatic heterocycles. The van der Waals surface area contributed by atoms with Gasteiger partial charge < -0.3 is 20.3 Å². The highest BCUT2D eigenvalue weighted by atomic mass is 16.5.